The molecule has 1 atom stereocenters. The number of carbonyl (C=O) groups excluding carboxylic acids is 1. The van der Waals surface area contributed by atoms with Crippen LogP contribution in [-0.4, -0.2) is 66.2 Å². The van der Waals surface area contributed by atoms with Gasteiger partial charge in [0.2, 0.25) is 11.8 Å². The molecule has 3 heterocycles. The van der Waals surface area contributed by atoms with Gasteiger partial charge in [-0.3, -0.25) is 4.79 Å². The largest absolute Gasteiger partial charge is 0.474 e. The van der Waals surface area contributed by atoms with E-state index in [0.717, 1.165) is 30.4 Å². The van der Waals surface area contributed by atoms with Crippen LogP contribution < -0.4 is 14.8 Å². The maximum Gasteiger partial charge on any atom is 0.274 e. The summed E-state index contributed by atoms with van der Waals surface area (Å²) >= 11 is 1.35. The van der Waals surface area contributed by atoms with Crippen molar-refractivity contribution in [1.82, 2.24) is 15.3 Å². The molecule has 0 spiro atoms. The number of fused-ring (bicyclic) bond motifs is 1. The van der Waals surface area contributed by atoms with E-state index in [-0.39, 0.29) is 44.0 Å². The lowest BCUT2D eigenvalue weighted by atomic mass is 9.95. The molecule has 1 saturated heterocycles. The smallest absolute Gasteiger partial charge is 0.274 e. The maximum atomic E-state index is 14.0. The lowest BCUT2D eigenvalue weighted by Gasteiger charge is -2.32. The van der Waals surface area contributed by atoms with E-state index in [9.17, 15) is 9.18 Å². The zero-order valence-electron chi connectivity index (χ0n) is 17.8. The van der Waals surface area contributed by atoms with Crippen molar-refractivity contribution in [2.24, 2.45) is 0 Å². The van der Waals surface area contributed by atoms with Crippen molar-refractivity contribution in [3.63, 3.8) is 0 Å². The first-order valence-electron chi connectivity index (χ1n) is 10.6. The summed E-state index contributed by atoms with van der Waals surface area (Å²) in [4.78, 5) is 19.8. The standard InChI is InChI=1S/C21H28FN3O5S/c1-13(24-14(2)26)9-28-15-3-5-16(6-4-15)30-19-7-18-17(8-23-19)25-20(31-18)29-12-21(22)10-27-11-21/h7-8,13,15-16H,3-6,9-12H2,1-2H3,(H,24,26)/t13-,15?,16?/m0/s1. The van der Waals surface area contributed by atoms with E-state index in [1.165, 1.54) is 18.3 Å². The van der Waals surface area contributed by atoms with Crippen LogP contribution in [0, 0.1) is 0 Å². The molecule has 1 amide bonds. The van der Waals surface area contributed by atoms with Crippen molar-refractivity contribution < 1.29 is 28.1 Å². The number of pyridine rings is 1. The summed E-state index contributed by atoms with van der Waals surface area (Å²) in [5, 5.41) is 3.25. The van der Waals surface area contributed by atoms with Crippen molar-refractivity contribution in [2.45, 2.75) is 63.4 Å². The Morgan fingerprint density at radius 2 is 2.10 bits per heavy atom. The molecule has 31 heavy (non-hydrogen) atoms. The Kier molecular flexibility index (Phi) is 6.88. The molecule has 170 valence electrons. The van der Waals surface area contributed by atoms with Crippen LogP contribution in [-0.2, 0) is 14.3 Å². The second-order valence-electron chi connectivity index (χ2n) is 8.35. The third-order valence-corrected chi connectivity index (χ3v) is 6.28. The van der Waals surface area contributed by atoms with Crippen LogP contribution in [0.1, 0.15) is 39.5 Å². The average Bonchev–Trinajstić information content (AvgIpc) is 3.12. The van der Waals surface area contributed by atoms with E-state index in [1.54, 1.807) is 6.20 Å². The first kappa shape index (κ1) is 22.2. The highest BCUT2D eigenvalue weighted by Crippen LogP contribution is 2.32. The number of aromatic nitrogens is 2. The molecule has 0 bridgehead atoms. The van der Waals surface area contributed by atoms with Gasteiger partial charge in [0.15, 0.2) is 5.67 Å². The molecule has 0 radical (unpaired) electrons. The monoisotopic (exact) mass is 453 g/mol. The summed E-state index contributed by atoms with van der Waals surface area (Å²) in [6, 6.07) is 1.86. The fourth-order valence-corrected chi connectivity index (χ4v) is 4.49. The Morgan fingerprint density at radius 3 is 2.77 bits per heavy atom. The van der Waals surface area contributed by atoms with Crippen LogP contribution in [0.4, 0.5) is 4.39 Å². The molecule has 4 rings (SSSR count). The highest BCUT2D eigenvalue weighted by molar-refractivity contribution is 7.20. The highest BCUT2D eigenvalue weighted by Gasteiger charge is 2.40. The zero-order valence-corrected chi connectivity index (χ0v) is 18.6. The van der Waals surface area contributed by atoms with Gasteiger partial charge >= 0.3 is 0 Å². The predicted octanol–water partition coefficient (Wildman–Crippen LogP) is 3.04. The molecule has 2 aromatic rings. The summed E-state index contributed by atoms with van der Waals surface area (Å²) in [5.41, 5.74) is -0.704. The molecule has 1 saturated carbocycles. The van der Waals surface area contributed by atoms with Crippen molar-refractivity contribution in [3.8, 4) is 11.1 Å². The third-order valence-electron chi connectivity index (χ3n) is 5.35. The molecular weight excluding hydrogens is 425 g/mol. The SMILES string of the molecule is CC(=O)N[C@@H](C)COC1CCC(Oc2cc3sc(OCC4(F)COC4)nc3cn2)CC1. The van der Waals surface area contributed by atoms with E-state index in [0.29, 0.717) is 23.2 Å². The molecule has 10 heteroatoms. The number of hydrogen-bond acceptors (Lipinski definition) is 8. The Morgan fingerprint density at radius 1 is 1.35 bits per heavy atom. The number of ether oxygens (including phenoxy) is 4. The molecule has 1 N–H and O–H groups in total. The fraction of sp³-hybridized carbons (Fsp3) is 0.667. The summed E-state index contributed by atoms with van der Waals surface area (Å²) in [7, 11) is 0. The molecular formula is C21H28FN3O5S. The molecule has 1 aliphatic carbocycles. The topological polar surface area (TPSA) is 91.8 Å². The predicted molar refractivity (Wildman–Crippen MR) is 113 cm³/mol. The fourth-order valence-electron chi connectivity index (χ4n) is 3.67. The second-order valence-corrected chi connectivity index (χ2v) is 9.35. The van der Waals surface area contributed by atoms with E-state index in [1.807, 2.05) is 13.0 Å². The second kappa shape index (κ2) is 9.62. The molecule has 0 aromatic carbocycles. The van der Waals surface area contributed by atoms with Gasteiger partial charge in [-0.05, 0) is 32.6 Å². The Bertz CT molecular complexity index is 898. The summed E-state index contributed by atoms with van der Waals surface area (Å²) < 4.78 is 37.3. The molecule has 8 nitrogen and oxygen atoms in total. The molecule has 2 aromatic heterocycles. The van der Waals surface area contributed by atoms with E-state index >= 15 is 0 Å². The van der Waals surface area contributed by atoms with Crippen LogP contribution >= 0.6 is 11.3 Å². The maximum absolute atomic E-state index is 14.0. The van der Waals surface area contributed by atoms with Gasteiger partial charge in [-0.15, -0.1) is 0 Å². The van der Waals surface area contributed by atoms with Crippen LogP contribution in [0.2, 0.25) is 0 Å². The highest BCUT2D eigenvalue weighted by atomic mass is 32.1. The Labute approximate surface area is 184 Å². The van der Waals surface area contributed by atoms with E-state index < -0.39 is 5.67 Å². The van der Waals surface area contributed by atoms with Crippen molar-refractivity contribution in [1.29, 1.82) is 0 Å². The van der Waals surface area contributed by atoms with Gasteiger partial charge in [0.25, 0.3) is 5.19 Å². The average molecular weight is 454 g/mol. The number of carbonyl (C=O) groups is 1. The Balaban J connectivity index is 1.24. The van der Waals surface area contributed by atoms with Gasteiger partial charge in [-0.1, -0.05) is 11.3 Å². The van der Waals surface area contributed by atoms with Crippen LogP contribution in [0.25, 0.3) is 10.2 Å². The van der Waals surface area contributed by atoms with Gasteiger partial charge in [0.05, 0.1) is 36.8 Å². The number of nitrogens with zero attached hydrogens (tertiary/aromatic N) is 2. The minimum Gasteiger partial charge on any atom is -0.474 e. The number of hydrogen-bond donors (Lipinski definition) is 1. The normalized spacial score (nSPS) is 23.7. The van der Waals surface area contributed by atoms with Gasteiger partial charge in [0.1, 0.15) is 18.2 Å². The lowest BCUT2D eigenvalue weighted by molar-refractivity contribution is -0.146. The molecule has 0 unspecified atom stereocenters. The van der Waals surface area contributed by atoms with Gasteiger partial charge < -0.3 is 24.3 Å². The number of nitrogens with one attached hydrogen (secondary N) is 1. The number of alkyl halides is 1. The first-order chi connectivity index (χ1) is 14.9. The minimum atomic E-state index is -1.41. The number of thiazole rings is 1. The summed E-state index contributed by atoms with van der Waals surface area (Å²) in [6.45, 7) is 4.04. The van der Waals surface area contributed by atoms with E-state index in [4.69, 9.17) is 18.9 Å². The van der Waals surface area contributed by atoms with Gasteiger partial charge in [-0.25, -0.2) is 14.4 Å². The zero-order chi connectivity index (χ0) is 21.8. The molecule has 1 aliphatic heterocycles. The van der Waals surface area contributed by atoms with Crippen molar-refractivity contribution >= 4 is 27.5 Å². The van der Waals surface area contributed by atoms with Gasteiger partial charge in [0, 0.05) is 19.0 Å². The van der Waals surface area contributed by atoms with Crippen molar-refractivity contribution in [3.05, 3.63) is 12.3 Å². The molecule has 2 fully saturated rings. The summed E-state index contributed by atoms with van der Waals surface area (Å²) in [6.07, 6.45) is 5.52. The first-order valence-corrected chi connectivity index (χ1v) is 11.4. The lowest BCUT2D eigenvalue weighted by Crippen LogP contribution is -2.50. The van der Waals surface area contributed by atoms with E-state index in [2.05, 4.69) is 15.3 Å². The van der Waals surface area contributed by atoms with Crippen LogP contribution in [0.3, 0.4) is 0 Å². The van der Waals surface area contributed by atoms with Crippen LogP contribution in [0.5, 0.6) is 11.1 Å². The third kappa shape index (κ3) is 6.02. The van der Waals surface area contributed by atoms with Crippen molar-refractivity contribution in [2.75, 3.05) is 26.4 Å². The number of halogens is 1. The van der Waals surface area contributed by atoms with Crippen LogP contribution in [0.15, 0.2) is 12.3 Å². The quantitative estimate of drug-likeness (QED) is 0.624. The number of rotatable bonds is 9. The molecule has 2 aliphatic rings. The van der Waals surface area contributed by atoms with Gasteiger partial charge in [-0.2, -0.15) is 0 Å². The Hall–Kier alpha value is -2.04. The minimum absolute atomic E-state index is 0.00756. The summed E-state index contributed by atoms with van der Waals surface area (Å²) in [5.74, 6) is 0.511. The number of amides is 1.